The van der Waals surface area contributed by atoms with Crippen LogP contribution in [0, 0.1) is 0 Å². The minimum absolute atomic E-state index is 0.00769. The third-order valence-corrected chi connectivity index (χ3v) is 6.93. The van der Waals surface area contributed by atoms with Crippen LogP contribution in [0.5, 0.6) is 0 Å². The van der Waals surface area contributed by atoms with Crippen LogP contribution in [0.25, 0.3) is 0 Å². The maximum Gasteiger partial charge on any atom is 0.325 e. The number of nitrogens with zero attached hydrogens (tertiary/aromatic N) is 4. The fraction of sp³-hybridized carbons (Fsp3) is 0.583. The van der Waals surface area contributed by atoms with E-state index in [1.807, 2.05) is 35.2 Å². The minimum atomic E-state index is -0.801. The number of amides is 4. The van der Waals surface area contributed by atoms with E-state index in [9.17, 15) is 19.2 Å². The number of carbonyl (C=O) groups is 4. The summed E-state index contributed by atoms with van der Waals surface area (Å²) in [4.78, 5) is 57.8. The molecule has 1 N–H and O–H groups in total. The molecule has 0 aromatic heterocycles. The van der Waals surface area contributed by atoms with Crippen molar-refractivity contribution in [3.05, 3.63) is 30.3 Å². The van der Waals surface area contributed by atoms with Crippen molar-refractivity contribution < 1.29 is 23.9 Å². The normalized spacial score (nSPS) is 19.6. The molecule has 1 aromatic rings. The van der Waals surface area contributed by atoms with E-state index in [-0.39, 0.29) is 37.5 Å². The van der Waals surface area contributed by atoms with E-state index in [4.69, 9.17) is 4.74 Å². The molecule has 3 heterocycles. The Hall–Kier alpha value is -3.30. The molecular weight excluding hydrogens is 438 g/mol. The average Bonchev–Trinajstić information content (AvgIpc) is 3.48. The van der Waals surface area contributed by atoms with Crippen molar-refractivity contribution in [2.24, 2.45) is 0 Å². The molecule has 4 amide bonds. The zero-order chi connectivity index (χ0) is 24.1. The average molecular weight is 472 g/mol. The fourth-order valence-electron chi connectivity index (χ4n) is 5.10. The molecule has 1 aromatic carbocycles. The molecule has 0 unspecified atom stereocenters. The fourth-order valence-corrected chi connectivity index (χ4v) is 5.10. The van der Waals surface area contributed by atoms with Gasteiger partial charge in [-0.3, -0.25) is 14.4 Å². The Morgan fingerprint density at radius 3 is 2.32 bits per heavy atom. The van der Waals surface area contributed by atoms with Crippen molar-refractivity contribution in [2.75, 3.05) is 57.4 Å². The second-order valence-electron chi connectivity index (χ2n) is 8.98. The summed E-state index contributed by atoms with van der Waals surface area (Å²) in [5.41, 5.74) is 0.122. The second-order valence-corrected chi connectivity index (χ2v) is 8.98. The van der Waals surface area contributed by atoms with Gasteiger partial charge in [0.25, 0.3) is 5.91 Å². The third kappa shape index (κ3) is 4.80. The van der Waals surface area contributed by atoms with Crippen molar-refractivity contribution in [1.29, 1.82) is 0 Å². The van der Waals surface area contributed by atoms with Gasteiger partial charge >= 0.3 is 12.0 Å². The molecule has 3 saturated heterocycles. The van der Waals surface area contributed by atoms with E-state index in [1.54, 1.807) is 16.7 Å². The van der Waals surface area contributed by atoms with Crippen molar-refractivity contribution in [3.63, 3.8) is 0 Å². The molecule has 3 aliphatic rings. The Bertz CT molecular complexity index is 910. The second kappa shape index (κ2) is 10.3. The number of hydrogen-bond acceptors (Lipinski definition) is 6. The van der Waals surface area contributed by atoms with Crippen molar-refractivity contribution in [2.45, 2.75) is 38.1 Å². The van der Waals surface area contributed by atoms with Gasteiger partial charge in [0.05, 0.1) is 13.3 Å². The number of nitrogens with one attached hydrogen (secondary N) is 1. The van der Waals surface area contributed by atoms with Gasteiger partial charge in [-0.2, -0.15) is 0 Å². The monoisotopic (exact) mass is 471 g/mol. The topological polar surface area (TPSA) is 102 Å². The summed E-state index contributed by atoms with van der Waals surface area (Å²) in [6, 6.07) is 9.39. The van der Waals surface area contributed by atoms with Crippen LogP contribution in [0.2, 0.25) is 0 Å². The highest BCUT2D eigenvalue weighted by molar-refractivity contribution is 5.96. The first-order valence-corrected chi connectivity index (χ1v) is 12.0. The highest BCUT2D eigenvalue weighted by atomic mass is 16.5. The first kappa shape index (κ1) is 23.8. The van der Waals surface area contributed by atoms with Gasteiger partial charge in [-0.15, -0.1) is 0 Å². The molecule has 3 aliphatic heterocycles. The summed E-state index contributed by atoms with van der Waals surface area (Å²) in [5, 5.41) is 2.59. The van der Waals surface area contributed by atoms with Gasteiger partial charge in [0.15, 0.2) is 0 Å². The number of rotatable bonds is 6. The van der Waals surface area contributed by atoms with Crippen LogP contribution in [-0.4, -0.2) is 96.6 Å². The summed E-state index contributed by atoms with van der Waals surface area (Å²) in [5.74, 6) is -0.550. The Labute approximate surface area is 199 Å². The van der Waals surface area contributed by atoms with Crippen LogP contribution in [0.1, 0.15) is 32.6 Å². The Balaban J connectivity index is 1.45. The van der Waals surface area contributed by atoms with Gasteiger partial charge in [0.1, 0.15) is 18.6 Å². The summed E-state index contributed by atoms with van der Waals surface area (Å²) in [7, 11) is 0. The third-order valence-electron chi connectivity index (χ3n) is 6.93. The van der Waals surface area contributed by atoms with Crippen molar-refractivity contribution in [3.8, 4) is 0 Å². The van der Waals surface area contributed by atoms with E-state index in [1.165, 1.54) is 0 Å². The van der Waals surface area contributed by atoms with Gasteiger partial charge in [0, 0.05) is 31.9 Å². The maximum absolute atomic E-state index is 13.7. The van der Waals surface area contributed by atoms with Crippen molar-refractivity contribution >= 4 is 29.5 Å². The van der Waals surface area contributed by atoms with Crippen molar-refractivity contribution in [1.82, 2.24) is 20.0 Å². The smallest absolute Gasteiger partial charge is 0.325 e. The molecule has 184 valence electrons. The van der Waals surface area contributed by atoms with Crippen LogP contribution in [0.4, 0.5) is 10.5 Å². The predicted molar refractivity (Wildman–Crippen MR) is 125 cm³/mol. The number of urea groups is 1. The molecule has 10 heteroatoms. The number of likely N-dealkylation sites (tertiary alicyclic amines) is 2. The van der Waals surface area contributed by atoms with Gasteiger partial charge in [-0.05, 0) is 44.7 Å². The lowest BCUT2D eigenvalue weighted by atomic mass is 9.85. The van der Waals surface area contributed by atoms with Gasteiger partial charge in [-0.25, -0.2) is 4.79 Å². The summed E-state index contributed by atoms with van der Waals surface area (Å²) < 4.78 is 4.85. The standard InChI is InChI=1S/C24H33N5O5/c1-2-34-21(31)16-25-23(33)27-14-10-24(11-15-27)22(32)28(17-20(30)26-12-6-7-13-26)18-29(24)19-8-4-3-5-9-19/h3-5,8-9H,2,6-7,10-18H2,1H3,(H,25,33). The van der Waals surface area contributed by atoms with E-state index in [0.717, 1.165) is 31.6 Å². The molecular formula is C24H33N5O5. The minimum Gasteiger partial charge on any atom is -0.465 e. The maximum atomic E-state index is 13.7. The first-order chi connectivity index (χ1) is 16.4. The lowest BCUT2D eigenvalue weighted by Gasteiger charge is -2.43. The summed E-state index contributed by atoms with van der Waals surface area (Å²) >= 11 is 0. The van der Waals surface area contributed by atoms with Crippen LogP contribution >= 0.6 is 0 Å². The number of hydrogen-bond donors (Lipinski definition) is 1. The molecule has 3 fully saturated rings. The van der Waals surface area contributed by atoms with Gasteiger partial charge in [-0.1, -0.05) is 18.2 Å². The van der Waals surface area contributed by atoms with Crippen LogP contribution in [0.3, 0.4) is 0 Å². The number of carbonyl (C=O) groups excluding carboxylic acids is 4. The highest BCUT2D eigenvalue weighted by Crippen LogP contribution is 2.39. The zero-order valence-electron chi connectivity index (χ0n) is 19.7. The molecule has 10 nitrogen and oxygen atoms in total. The molecule has 0 bridgehead atoms. The van der Waals surface area contributed by atoms with E-state index in [0.29, 0.717) is 32.6 Å². The molecule has 0 saturated carbocycles. The number of para-hydroxylation sites is 1. The molecule has 0 radical (unpaired) electrons. The number of esters is 1. The van der Waals surface area contributed by atoms with E-state index < -0.39 is 11.5 Å². The molecule has 34 heavy (non-hydrogen) atoms. The lowest BCUT2D eigenvalue weighted by molar-refractivity contribution is -0.141. The molecule has 4 rings (SSSR count). The lowest BCUT2D eigenvalue weighted by Crippen LogP contribution is -2.58. The predicted octanol–water partition coefficient (Wildman–Crippen LogP) is 1.02. The van der Waals surface area contributed by atoms with E-state index in [2.05, 4.69) is 10.2 Å². The van der Waals surface area contributed by atoms with E-state index >= 15 is 0 Å². The summed E-state index contributed by atoms with van der Waals surface area (Å²) in [6.45, 7) is 4.46. The van der Waals surface area contributed by atoms with Gasteiger partial charge < -0.3 is 29.7 Å². The van der Waals surface area contributed by atoms with Crippen LogP contribution in [-0.2, 0) is 19.1 Å². The quantitative estimate of drug-likeness (QED) is 0.622. The zero-order valence-corrected chi connectivity index (χ0v) is 19.7. The molecule has 0 aliphatic carbocycles. The van der Waals surface area contributed by atoms with Crippen LogP contribution in [0.15, 0.2) is 30.3 Å². The number of ether oxygens (including phenoxy) is 1. The number of piperidine rings is 1. The first-order valence-electron chi connectivity index (χ1n) is 12.0. The SMILES string of the molecule is CCOC(=O)CNC(=O)N1CCC2(CC1)C(=O)N(CC(=O)N1CCCC1)CN2c1ccccc1. The molecule has 1 spiro atoms. The largest absolute Gasteiger partial charge is 0.465 e. The van der Waals surface area contributed by atoms with Crippen LogP contribution < -0.4 is 10.2 Å². The molecule has 0 atom stereocenters. The highest BCUT2D eigenvalue weighted by Gasteiger charge is 2.54. The number of anilines is 1. The summed E-state index contributed by atoms with van der Waals surface area (Å²) in [6.07, 6.45) is 2.91. The number of benzene rings is 1. The Morgan fingerprint density at radius 2 is 1.68 bits per heavy atom. The Kier molecular flexibility index (Phi) is 7.23. The van der Waals surface area contributed by atoms with Gasteiger partial charge in [0.2, 0.25) is 5.91 Å². The Morgan fingerprint density at radius 1 is 1.00 bits per heavy atom.